The fraction of sp³-hybridized carbons (Fsp3) is 0.750. The molecule has 1 aliphatic rings. The van der Waals surface area contributed by atoms with Gasteiger partial charge in [-0.25, -0.2) is 8.57 Å². The molecule has 0 aromatic heterocycles. The molecule has 1 fully saturated rings. The molecule has 4 nitrogen and oxygen atoms in total. The van der Waals surface area contributed by atoms with Crippen LogP contribution in [0.15, 0.2) is 33.5 Å². The summed E-state index contributed by atoms with van der Waals surface area (Å²) in [6.07, 6.45) is -1.76. The van der Waals surface area contributed by atoms with E-state index in [0.717, 1.165) is 25.0 Å². The summed E-state index contributed by atoms with van der Waals surface area (Å²) in [5.41, 5.74) is -1.92. The molecule has 2 rings (SSSR count). The molecule has 1 aliphatic carbocycles. The second-order valence-corrected chi connectivity index (χ2v) is 18.3. The van der Waals surface area contributed by atoms with E-state index in [1.54, 1.807) is 0 Å². The molecule has 0 saturated heterocycles. The highest BCUT2D eigenvalue weighted by molar-refractivity contribution is 7.93. The maximum absolute atomic E-state index is 14.3. The maximum Gasteiger partial charge on any atom is 0.416 e. The minimum absolute atomic E-state index is 0.00235. The highest BCUT2D eigenvalue weighted by Gasteiger charge is 2.39. The summed E-state index contributed by atoms with van der Waals surface area (Å²) in [4.78, 5) is 0.230. The van der Waals surface area contributed by atoms with E-state index in [1.807, 2.05) is 13.8 Å². The number of aliphatic hydroxyl groups is 1. The Kier molecular flexibility index (Phi) is 8.58. The average Bonchev–Trinajstić information content (AvgIpc) is 3.09. The van der Waals surface area contributed by atoms with Crippen molar-refractivity contribution in [2.24, 2.45) is 10.3 Å². The molecule has 9 heteroatoms. The summed E-state index contributed by atoms with van der Waals surface area (Å²) >= 11 is 0. The van der Waals surface area contributed by atoms with Crippen molar-refractivity contribution in [3.8, 4) is 0 Å². The number of alkyl halides is 3. The number of hydrogen-bond donors (Lipinski definition) is 1. The van der Waals surface area contributed by atoms with E-state index < -0.39 is 41.4 Å². The fourth-order valence-electron chi connectivity index (χ4n) is 3.65. The number of hydrogen-bond acceptors (Lipinski definition) is 4. The minimum Gasteiger partial charge on any atom is -0.415 e. The lowest BCUT2D eigenvalue weighted by Gasteiger charge is -2.37. The molecule has 2 atom stereocenters. The van der Waals surface area contributed by atoms with Crippen LogP contribution >= 0.6 is 0 Å². The molecule has 33 heavy (non-hydrogen) atoms. The van der Waals surface area contributed by atoms with E-state index >= 15 is 0 Å². The molecule has 0 spiro atoms. The second-order valence-electron chi connectivity index (χ2n) is 11.2. The summed E-state index contributed by atoms with van der Waals surface area (Å²) in [7, 11) is -5.25. The van der Waals surface area contributed by atoms with E-state index in [-0.39, 0.29) is 21.6 Å². The van der Waals surface area contributed by atoms with Gasteiger partial charge in [-0.05, 0) is 61.2 Å². The van der Waals surface area contributed by atoms with Crippen molar-refractivity contribution in [2.45, 2.75) is 101 Å². The molecule has 0 unspecified atom stereocenters. The molecule has 1 aromatic carbocycles. The lowest BCUT2D eigenvalue weighted by molar-refractivity contribution is -0.137. The van der Waals surface area contributed by atoms with Crippen LogP contribution in [0.1, 0.15) is 65.9 Å². The number of rotatable bonds is 8. The molecule has 0 amide bonds. The molecule has 190 valence electrons. The van der Waals surface area contributed by atoms with Crippen LogP contribution < -0.4 is 0 Å². The molecule has 1 saturated carbocycles. The van der Waals surface area contributed by atoms with E-state index in [4.69, 9.17) is 8.79 Å². The van der Waals surface area contributed by atoms with Gasteiger partial charge in [-0.3, -0.25) is 0 Å². The van der Waals surface area contributed by atoms with Crippen molar-refractivity contribution in [3.63, 3.8) is 0 Å². The summed E-state index contributed by atoms with van der Waals surface area (Å²) in [5.74, 6) is -0.0578. The molecule has 0 aliphatic heterocycles. The summed E-state index contributed by atoms with van der Waals surface area (Å²) < 4.78 is 64.7. The topological polar surface area (TPSA) is 58.9 Å². The molecule has 0 bridgehead atoms. The van der Waals surface area contributed by atoms with Crippen LogP contribution in [0.4, 0.5) is 13.2 Å². The van der Waals surface area contributed by atoms with E-state index in [9.17, 15) is 22.5 Å². The monoisotopic (exact) mass is 507 g/mol. The Labute approximate surface area is 198 Å². The Morgan fingerprint density at radius 1 is 1.12 bits per heavy atom. The molecule has 0 heterocycles. The van der Waals surface area contributed by atoms with Crippen molar-refractivity contribution < 1.29 is 26.9 Å². The first-order chi connectivity index (χ1) is 14.9. The summed E-state index contributed by atoms with van der Waals surface area (Å²) in [6, 6.07) is 3.98. The quantitative estimate of drug-likeness (QED) is 0.390. The van der Waals surface area contributed by atoms with Crippen LogP contribution in [-0.2, 0) is 20.3 Å². The van der Waals surface area contributed by atoms with Gasteiger partial charge in [-0.15, -0.1) is 0 Å². The zero-order valence-corrected chi connectivity index (χ0v) is 22.8. The van der Waals surface area contributed by atoms with Crippen LogP contribution in [0, 0.1) is 5.92 Å². The predicted octanol–water partition coefficient (Wildman–Crippen LogP) is 6.88. The van der Waals surface area contributed by atoms with Crippen molar-refractivity contribution in [1.29, 1.82) is 0 Å². The van der Waals surface area contributed by atoms with Gasteiger partial charge in [-0.2, -0.15) is 13.2 Å². The third-order valence-corrected chi connectivity index (χ3v) is 14.1. The van der Waals surface area contributed by atoms with Gasteiger partial charge in [0.15, 0.2) is 8.32 Å². The maximum atomic E-state index is 14.3. The van der Waals surface area contributed by atoms with Crippen LogP contribution in [0.25, 0.3) is 0 Å². The Hall–Kier alpha value is -0.903. The Balaban J connectivity index is 2.49. The van der Waals surface area contributed by atoms with Crippen LogP contribution in [0.5, 0.6) is 0 Å². The predicted molar refractivity (Wildman–Crippen MR) is 130 cm³/mol. The number of halogens is 3. The van der Waals surface area contributed by atoms with Crippen LogP contribution in [0.3, 0.4) is 0 Å². The van der Waals surface area contributed by atoms with Gasteiger partial charge in [0.2, 0.25) is 0 Å². The molecular weight excluding hydrogens is 467 g/mol. The summed E-state index contributed by atoms with van der Waals surface area (Å²) in [6.45, 7) is 14.9. The first-order valence-electron chi connectivity index (χ1n) is 11.7. The minimum atomic E-state index is -4.47. The Morgan fingerprint density at radius 3 is 2.06 bits per heavy atom. The van der Waals surface area contributed by atoms with Crippen LogP contribution in [-0.4, -0.2) is 41.6 Å². The Bertz CT molecular complexity index is 908. The third-order valence-electron chi connectivity index (χ3n) is 7.04. The first-order valence-corrected chi connectivity index (χ1v) is 16.3. The van der Waals surface area contributed by atoms with Crippen LogP contribution in [0.2, 0.25) is 18.1 Å². The first kappa shape index (κ1) is 28.3. The van der Waals surface area contributed by atoms with Crippen molar-refractivity contribution in [2.75, 3.05) is 12.4 Å². The van der Waals surface area contributed by atoms with Gasteiger partial charge >= 0.3 is 6.18 Å². The molecular formula is C24H40F3NO3SSi. The molecule has 0 radical (unpaired) electrons. The standard InChI is InChI=1S/C24H40F3NO3SSi/c1-18(2)21(16-31-33(6,7)22(3,4)5)28-32(30,17-23(29)14-8-9-15-23)20-12-10-19(11-13-20)24(25,26)27/h10-13,18,21,29H,8-9,14-17H2,1-7H3/t21-,32-/m0/s1. The highest BCUT2D eigenvalue weighted by Crippen LogP contribution is 2.38. The smallest absolute Gasteiger partial charge is 0.415 e. The van der Waals surface area contributed by atoms with Crippen molar-refractivity contribution in [3.05, 3.63) is 29.8 Å². The van der Waals surface area contributed by atoms with Gasteiger partial charge in [0.1, 0.15) is 0 Å². The lowest BCUT2D eigenvalue weighted by Crippen LogP contribution is -2.43. The van der Waals surface area contributed by atoms with Gasteiger partial charge in [0, 0.05) is 4.90 Å². The Morgan fingerprint density at radius 2 is 1.64 bits per heavy atom. The van der Waals surface area contributed by atoms with Crippen molar-refractivity contribution in [1.82, 2.24) is 0 Å². The fourth-order valence-corrected chi connectivity index (χ4v) is 7.36. The van der Waals surface area contributed by atoms with Gasteiger partial charge in [-0.1, -0.05) is 47.5 Å². The van der Waals surface area contributed by atoms with Gasteiger partial charge in [0.25, 0.3) is 0 Å². The molecule has 1 aromatic rings. The van der Waals surface area contributed by atoms with E-state index in [0.29, 0.717) is 19.4 Å². The molecule has 1 N–H and O–H groups in total. The zero-order valence-electron chi connectivity index (χ0n) is 21.0. The normalized spacial score (nSPS) is 20.0. The highest BCUT2D eigenvalue weighted by atomic mass is 32.2. The second kappa shape index (κ2) is 9.99. The van der Waals surface area contributed by atoms with Gasteiger partial charge in [0.05, 0.1) is 39.3 Å². The number of nitrogens with zero attached hydrogens (tertiary/aromatic N) is 1. The van der Waals surface area contributed by atoms with E-state index in [2.05, 4.69) is 33.9 Å². The zero-order chi connectivity index (χ0) is 25.3. The largest absolute Gasteiger partial charge is 0.416 e. The van der Waals surface area contributed by atoms with Crippen molar-refractivity contribution >= 4 is 18.0 Å². The summed E-state index contributed by atoms with van der Waals surface area (Å²) in [5, 5.41) is 11.0. The number of benzene rings is 1. The average molecular weight is 508 g/mol. The van der Waals surface area contributed by atoms with Gasteiger partial charge < -0.3 is 9.53 Å². The SMILES string of the molecule is CC(C)[C@H](CO[Si](C)(C)C(C)(C)C)N=[S@](=O)(CC1(O)CCCC1)c1ccc(C(F)(F)F)cc1. The lowest BCUT2D eigenvalue weighted by atomic mass is 10.1. The van der Waals surface area contributed by atoms with E-state index in [1.165, 1.54) is 12.1 Å². The third kappa shape index (κ3) is 7.29.